The standard InChI is InChI=1S/C25H34O6.H3O4P/c1-4-5-21-30-20-11-17-16-7-6-14-10-15(27)8-9-23(14,2)22(16)18(28)12-24(17,3)25(20,31-21)19(29)13-26;1-5(2,3)4/h8-10,16-18,20-22,26,28H,4-7,11-13H2,1-3H3;(H3,1,2,3,4)/t16-,17-,18-,20+,21?,22+,23-,24-,25+;/m0./s1. The van der Waals surface area contributed by atoms with Crippen LogP contribution in [-0.2, 0) is 23.6 Å². The van der Waals surface area contributed by atoms with Crippen LogP contribution in [0.1, 0.15) is 59.3 Å². The fourth-order valence-electron chi connectivity index (χ4n) is 8.12. The van der Waals surface area contributed by atoms with Crippen molar-refractivity contribution < 1.29 is 48.5 Å². The van der Waals surface area contributed by atoms with E-state index in [2.05, 4.69) is 20.8 Å². The normalized spacial score (nSPS) is 45.0. The van der Waals surface area contributed by atoms with Gasteiger partial charge in [0.15, 0.2) is 23.5 Å². The van der Waals surface area contributed by atoms with Gasteiger partial charge in [-0.3, -0.25) is 9.59 Å². The van der Waals surface area contributed by atoms with Crippen molar-refractivity contribution in [2.75, 3.05) is 6.61 Å². The lowest BCUT2D eigenvalue weighted by Gasteiger charge is -2.59. The molecular weight excluding hydrogens is 491 g/mol. The number of phosphoric acid groups is 1. The van der Waals surface area contributed by atoms with Crippen LogP contribution in [0.3, 0.4) is 0 Å². The van der Waals surface area contributed by atoms with E-state index in [1.54, 1.807) is 12.2 Å². The lowest BCUT2D eigenvalue weighted by molar-refractivity contribution is -0.200. The predicted molar refractivity (Wildman–Crippen MR) is 127 cm³/mol. The minimum absolute atomic E-state index is 0.0125. The second-order valence-electron chi connectivity index (χ2n) is 11.2. The molecule has 0 amide bonds. The molecule has 10 nitrogen and oxygen atoms in total. The Labute approximate surface area is 210 Å². The Morgan fingerprint density at radius 2 is 1.92 bits per heavy atom. The molecular formula is C25H37O10P. The van der Waals surface area contributed by atoms with Gasteiger partial charge in [-0.15, -0.1) is 0 Å². The lowest BCUT2D eigenvalue weighted by atomic mass is 9.46. The molecule has 5 N–H and O–H groups in total. The van der Waals surface area contributed by atoms with Crippen molar-refractivity contribution in [1.82, 2.24) is 0 Å². The van der Waals surface area contributed by atoms with Gasteiger partial charge in [-0.2, -0.15) is 0 Å². The van der Waals surface area contributed by atoms with Crippen molar-refractivity contribution in [3.8, 4) is 0 Å². The lowest BCUT2D eigenvalue weighted by Crippen LogP contribution is -2.63. The number of aliphatic hydroxyl groups is 2. The molecule has 9 atom stereocenters. The van der Waals surface area contributed by atoms with Crippen LogP contribution in [0.5, 0.6) is 0 Å². The van der Waals surface area contributed by atoms with Gasteiger partial charge in [0.1, 0.15) is 6.61 Å². The zero-order valence-corrected chi connectivity index (χ0v) is 21.8. The molecule has 1 aliphatic heterocycles. The topological polar surface area (TPSA) is 171 Å². The maximum atomic E-state index is 13.2. The van der Waals surface area contributed by atoms with Crippen LogP contribution in [-0.4, -0.2) is 67.2 Å². The molecule has 0 aromatic rings. The SMILES string of the molecule is CCCC1O[C@@H]2C[C@H]3[C@@H]4CCC5=CC(=O)C=C[C@]5(C)[C@H]4[C@@H](O)C[C@]3(C)[C@]2(C(=O)CO)O1.O=P(O)(O)O. The Kier molecular flexibility index (Phi) is 7.34. The van der Waals surface area contributed by atoms with Crippen molar-refractivity contribution in [1.29, 1.82) is 0 Å². The number of Topliss-reactive ketones (excluding diaryl/α,β-unsaturated/α-hetero) is 1. The fourth-order valence-corrected chi connectivity index (χ4v) is 8.12. The van der Waals surface area contributed by atoms with Gasteiger partial charge in [-0.25, -0.2) is 4.57 Å². The fraction of sp³-hybridized carbons (Fsp3) is 0.760. The van der Waals surface area contributed by atoms with Gasteiger partial charge in [-0.05, 0) is 56.1 Å². The van der Waals surface area contributed by atoms with Crippen molar-refractivity contribution >= 4 is 19.4 Å². The molecule has 36 heavy (non-hydrogen) atoms. The number of carbonyl (C=O) groups is 2. The van der Waals surface area contributed by atoms with Crippen molar-refractivity contribution in [2.45, 2.75) is 83.4 Å². The first-order chi connectivity index (χ1) is 16.7. The summed E-state index contributed by atoms with van der Waals surface area (Å²) in [6.07, 6.45) is 8.31. The molecule has 0 spiro atoms. The summed E-state index contributed by atoms with van der Waals surface area (Å²) in [5.74, 6) is 0.0274. The molecule has 1 heterocycles. The summed E-state index contributed by atoms with van der Waals surface area (Å²) in [6, 6.07) is 0. The van der Waals surface area contributed by atoms with Gasteiger partial charge >= 0.3 is 7.82 Å². The largest absolute Gasteiger partial charge is 0.466 e. The van der Waals surface area contributed by atoms with Crippen LogP contribution in [0, 0.1) is 28.6 Å². The highest BCUT2D eigenvalue weighted by Gasteiger charge is 2.75. The summed E-state index contributed by atoms with van der Waals surface area (Å²) in [7, 11) is -4.64. The molecule has 4 aliphatic carbocycles. The monoisotopic (exact) mass is 528 g/mol. The average molecular weight is 529 g/mol. The first kappa shape index (κ1) is 27.8. The molecule has 0 aromatic carbocycles. The molecule has 11 heteroatoms. The van der Waals surface area contributed by atoms with Crippen LogP contribution < -0.4 is 0 Å². The average Bonchev–Trinajstić information content (AvgIpc) is 3.24. The van der Waals surface area contributed by atoms with E-state index in [1.807, 2.05) is 6.08 Å². The molecule has 0 radical (unpaired) electrons. The van der Waals surface area contributed by atoms with Gasteiger partial charge in [0, 0.05) is 16.7 Å². The predicted octanol–water partition coefficient (Wildman–Crippen LogP) is 1.79. The number of ketones is 2. The van der Waals surface area contributed by atoms with E-state index in [9.17, 15) is 19.8 Å². The van der Waals surface area contributed by atoms with E-state index in [0.29, 0.717) is 19.3 Å². The summed E-state index contributed by atoms with van der Waals surface area (Å²) in [6.45, 7) is 5.67. The van der Waals surface area contributed by atoms with Crippen molar-refractivity contribution in [3.05, 3.63) is 23.8 Å². The van der Waals surface area contributed by atoms with E-state index in [1.165, 1.54) is 0 Å². The van der Waals surface area contributed by atoms with Gasteiger partial charge in [-0.1, -0.05) is 38.8 Å². The molecule has 1 unspecified atom stereocenters. The first-order valence-corrected chi connectivity index (χ1v) is 14.2. The quantitative estimate of drug-likeness (QED) is 0.339. The Morgan fingerprint density at radius 3 is 2.53 bits per heavy atom. The summed E-state index contributed by atoms with van der Waals surface area (Å²) < 4.78 is 21.5. The maximum absolute atomic E-state index is 13.2. The summed E-state index contributed by atoms with van der Waals surface area (Å²) in [5.41, 5.74) is -1.05. The number of allylic oxidation sites excluding steroid dienone is 4. The van der Waals surface area contributed by atoms with Crippen LogP contribution in [0.25, 0.3) is 0 Å². The zero-order valence-electron chi connectivity index (χ0n) is 20.9. The van der Waals surface area contributed by atoms with Crippen LogP contribution in [0.4, 0.5) is 0 Å². The van der Waals surface area contributed by atoms with Gasteiger partial charge in [0.25, 0.3) is 0 Å². The number of aliphatic hydroxyl groups excluding tert-OH is 2. The summed E-state index contributed by atoms with van der Waals surface area (Å²) >= 11 is 0. The van der Waals surface area contributed by atoms with Crippen molar-refractivity contribution in [3.63, 3.8) is 0 Å². The van der Waals surface area contributed by atoms with Gasteiger partial charge < -0.3 is 34.4 Å². The van der Waals surface area contributed by atoms with E-state index >= 15 is 0 Å². The molecule has 202 valence electrons. The Bertz CT molecular complexity index is 1010. The molecule has 5 aliphatic rings. The minimum atomic E-state index is -4.64. The third kappa shape index (κ3) is 4.29. The Hall–Kier alpha value is -1.23. The number of hydrogen-bond acceptors (Lipinski definition) is 7. The summed E-state index contributed by atoms with van der Waals surface area (Å²) in [5, 5.41) is 21.4. The van der Waals surface area contributed by atoms with E-state index in [4.69, 9.17) is 28.7 Å². The smallest absolute Gasteiger partial charge is 0.393 e. The number of carbonyl (C=O) groups excluding carboxylic acids is 2. The number of hydrogen-bond donors (Lipinski definition) is 5. The maximum Gasteiger partial charge on any atom is 0.466 e. The highest BCUT2D eigenvalue weighted by molar-refractivity contribution is 7.45. The third-order valence-electron chi connectivity index (χ3n) is 9.37. The number of ether oxygens (including phenoxy) is 2. The van der Waals surface area contributed by atoms with Crippen LogP contribution >= 0.6 is 7.82 Å². The molecule has 1 saturated heterocycles. The minimum Gasteiger partial charge on any atom is -0.393 e. The molecule has 4 fully saturated rings. The van der Waals surface area contributed by atoms with E-state index in [-0.39, 0.29) is 34.7 Å². The van der Waals surface area contributed by atoms with Crippen molar-refractivity contribution in [2.24, 2.45) is 28.6 Å². The molecule has 0 bridgehead atoms. The number of fused-ring (bicyclic) bond motifs is 7. The molecule has 3 saturated carbocycles. The third-order valence-corrected chi connectivity index (χ3v) is 9.37. The summed E-state index contributed by atoms with van der Waals surface area (Å²) in [4.78, 5) is 46.8. The Morgan fingerprint density at radius 1 is 1.25 bits per heavy atom. The van der Waals surface area contributed by atoms with E-state index in [0.717, 1.165) is 24.8 Å². The van der Waals surface area contributed by atoms with Gasteiger partial charge in [0.05, 0.1) is 12.2 Å². The molecule has 0 aromatic heterocycles. The second kappa shape index (κ2) is 9.50. The van der Waals surface area contributed by atoms with Crippen LogP contribution in [0.2, 0.25) is 0 Å². The Balaban J connectivity index is 0.000000556. The van der Waals surface area contributed by atoms with Crippen LogP contribution in [0.15, 0.2) is 23.8 Å². The highest BCUT2D eigenvalue weighted by atomic mass is 31.2. The highest BCUT2D eigenvalue weighted by Crippen LogP contribution is 2.69. The van der Waals surface area contributed by atoms with Gasteiger partial charge in [0.2, 0.25) is 0 Å². The number of rotatable bonds is 4. The zero-order chi connectivity index (χ0) is 26.7. The molecule has 5 rings (SSSR count). The van der Waals surface area contributed by atoms with E-state index < -0.39 is 43.9 Å². The second-order valence-corrected chi connectivity index (χ2v) is 12.3. The first-order valence-electron chi connectivity index (χ1n) is 12.6.